The van der Waals surface area contributed by atoms with Gasteiger partial charge in [-0.05, 0) is 12.1 Å². The van der Waals surface area contributed by atoms with Gasteiger partial charge in [0, 0.05) is 21.0 Å². The summed E-state index contributed by atoms with van der Waals surface area (Å²) in [5.41, 5.74) is 0.921. The Morgan fingerprint density at radius 3 is 1.54 bits per heavy atom. The average Bonchev–Trinajstić information content (AvgIpc) is 2.82. The summed E-state index contributed by atoms with van der Waals surface area (Å²) in [4.78, 5) is 23.1. The fourth-order valence-electron chi connectivity index (χ4n) is 3.42. The molecule has 4 aromatic rings. The molecule has 13 heteroatoms. The zero-order valence-electron chi connectivity index (χ0n) is 18.1. The van der Waals surface area contributed by atoms with Crippen LogP contribution in [0.1, 0.15) is 20.7 Å². The fraction of sp³-hybridized carbons (Fsp3) is 0.182. The van der Waals surface area contributed by atoms with E-state index in [1.54, 1.807) is 48.5 Å². The molecule has 12 nitrogen and oxygen atoms in total. The first-order valence-corrected chi connectivity index (χ1v) is 11.7. The third-order valence-electron chi connectivity index (χ3n) is 4.97. The van der Waals surface area contributed by atoms with E-state index in [-0.39, 0.29) is 37.4 Å². The van der Waals surface area contributed by atoms with Gasteiger partial charge in [0.25, 0.3) is 0 Å². The number of rotatable bonds is 10. The molecule has 0 unspecified atom stereocenters. The minimum atomic E-state index is -4.37. The lowest BCUT2D eigenvalue weighted by atomic mass is 10.1. The van der Waals surface area contributed by atoms with Gasteiger partial charge in [-0.3, -0.25) is 0 Å². The molecule has 0 radical (unpaired) electrons. The van der Waals surface area contributed by atoms with Crippen LogP contribution >= 0.6 is 0 Å². The summed E-state index contributed by atoms with van der Waals surface area (Å²) in [6, 6.07) is 13.4. The van der Waals surface area contributed by atoms with Gasteiger partial charge in [-0.1, -0.05) is 45.8 Å². The molecule has 35 heavy (non-hydrogen) atoms. The summed E-state index contributed by atoms with van der Waals surface area (Å²) in [6.07, 6.45) is 2.59. The highest BCUT2D eigenvalue weighted by molar-refractivity contribution is 7.81. The number of hydrogen-bond donors (Lipinski definition) is 2. The lowest BCUT2D eigenvalue weighted by molar-refractivity contribution is -0.752. The molecule has 0 saturated heterocycles. The Hall–Kier alpha value is -4.07. The van der Waals surface area contributed by atoms with Crippen LogP contribution in [-0.4, -0.2) is 54.0 Å². The van der Waals surface area contributed by atoms with Crippen LogP contribution in [0.25, 0.3) is 21.8 Å². The van der Waals surface area contributed by atoms with Crippen LogP contribution in [0.4, 0.5) is 0 Å². The smallest absolute Gasteiger partial charge is 0.400 e. The summed E-state index contributed by atoms with van der Waals surface area (Å²) < 4.78 is 36.4. The maximum atomic E-state index is 12.1. The third kappa shape index (κ3) is 5.71. The maximum absolute atomic E-state index is 12.1. The highest BCUT2D eigenvalue weighted by Crippen LogP contribution is 2.15. The number of fused-ring (bicyclic) bond motifs is 2. The number of carboxylic acid groups (broad SMARTS) is 2. The van der Waals surface area contributed by atoms with Gasteiger partial charge in [0.15, 0.2) is 13.1 Å². The van der Waals surface area contributed by atoms with E-state index in [2.05, 4.69) is 10.2 Å². The van der Waals surface area contributed by atoms with E-state index in [9.17, 15) is 28.2 Å². The standard InChI is InChI=1S/C22H18N4O8S/c27-21(28)17-13-25(23-19-7-3-1-5-15(17)19)9-11-33-35(31,32)34-12-10-26-14-18(22(29)30)16-6-2-4-8-20(16)24-26/h1-8,13-14H,9-12H2/p+2. The first kappa shape index (κ1) is 24.1. The zero-order valence-corrected chi connectivity index (χ0v) is 19.0. The maximum Gasteiger partial charge on any atom is 0.400 e. The van der Waals surface area contributed by atoms with E-state index in [1.807, 2.05) is 0 Å². The van der Waals surface area contributed by atoms with Gasteiger partial charge in [-0.2, -0.15) is 8.42 Å². The Morgan fingerprint density at radius 2 is 1.14 bits per heavy atom. The molecule has 2 aromatic carbocycles. The molecule has 0 spiro atoms. The van der Waals surface area contributed by atoms with E-state index in [0.29, 0.717) is 21.8 Å². The molecular formula is C22H20N4O8S+2. The number of hydrogen-bond acceptors (Lipinski definition) is 8. The number of aromatic carboxylic acids is 2. The zero-order chi connectivity index (χ0) is 25.0. The molecule has 0 saturated carbocycles. The molecular weight excluding hydrogens is 480 g/mol. The second-order valence-electron chi connectivity index (χ2n) is 7.31. The van der Waals surface area contributed by atoms with Gasteiger partial charge in [0.2, 0.25) is 12.4 Å². The highest BCUT2D eigenvalue weighted by Gasteiger charge is 2.21. The largest absolute Gasteiger partial charge is 0.477 e. The molecule has 2 heterocycles. The van der Waals surface area contributed by atoms with Gasteiger partial charge in [0.05, 0.1) is 0 Å². The molecule has 4 rings (SSSR count). The Bertz CT molecular complexity index is 1430. The van der Waals surface area contributed by atoms with Crippen LogP contribution in [0.15, 0.2) is 60.9 Å². The average molecular weight is 500 g/mol. The van der Waals surface area contributed by atoms with Crippen molar-refractivity contribution in [3.8, 4) is 0 Å². The summed E-state index contributed by atoms with van der Waals surface area (Å²) in [6.45, 7) is -0.781. The van der Waals surface area contributed by atoms with Crippen molar-refractivity contribution in [2.24, 2.45) is 0 Å². The molecule has 0 amide bonds. The summed E-state index contributed by atoms with van der Waals surface area (Å²) >= 11 is 0. The third-order valence-corrected chi connectivity index (χ3v) is 5.88. The van der Waals surface area contributed by atoms with Crippen molar-refractivity contribution >= 4 is 44.1 Å². The summed E-state index contributed by atoms with van der Waals surface area (Å²) in [5, 5.41) is 28.3. The molecule has 0 fully saturated rings. The van der Waals surface area contributed by atoms with Gasteiger partial charge >= 0.3 is 22.3 Å². The Balaban J connectivity index is 1.36. The molecule has 0 aliphatic heterocycles. The molecule has 2 aromatic heterocycles. The molecule has 0 bridgehead atoms. The van der Waals surface area contributed by atoms with E-state index >= 15 is 0 Å². The molecule has 0 atom stereocenters. The molecule has 0 aliphatic rings. The van der Waals surface area contributed by atoms with E-state index in [1.165, 1.54) is 21.8 Å². The van der Waals surface area contributed by atoms with E-state index in [0.717, 1.165) is 0 Å². The molecule has 180 valence electrons. The second-order valence-corrected chi connectivity index (χ2v) is 8.60. The van der Waals surface area contributed by atoms with Crippen LogP contribution in [0, 0.1) is 0 Å². The van der Waals surface area contributed by atoms with Crippen molar-refractivity contribution < 1.29 is 45.9 Å². The van der Waals surface area contributed by atoms with Gasteiger partial charge in [0.1, 0.15) is 35.4 Å². The van der Waals surface area contributed by atoms with Crippen LogP contribution in [0.2, 0.25) is 0 Å². The van der Waals surface area contributed by atoms with Gasteiger partial charge < -0.3 is 10.2 Å². The Morgan fingerprint density at radius 1 is 0.743 bits per heavy atom. The van der Waals surface area contributed by atoms with Crippen molar-refractivity contribution in [2.45, 2.75) is 13.1 Å². The predicted octanol–water partition coefficient (Wildman–Crippen LogP) is 0.733. The first-order valence-electron chi connectivity index (χ1n) is 10.3. The number of aromatic nitrogens is 4. The van der Waals surface area contributed by atoms with Crippen molar-refractivity contribution in [3.63, 3.8) is 0 Å². The normalized spacial score (nSPS) is 11.7. The van der Waals surface area contributed by atoms with Crippen molar-refractivity contribution in [2.75, 3.05) is 13.2 Å². The second kappa shape index (κ2) is 10.0. The van der Waals surface area contributed by atoms with E-state index < -0.39 is 22.3 Å². The van der Waals surface area contributed by atoms with Crippen LogP contribution in [0.3, 0.4) is 0 Å². The number of carboxylic acids is 2. The SMILES string of the molecule is O=C(O)c1c[n+](CCOS(=O)(=O)OCC[n+]2cc(C(=O)O)c3ccccc3n2)nc2ccccc12. The van der Waals surface area contributed by atoms with Gasteiger partial charge in [-0.15, -0.1) is 0 Å². The van der Waals surface area contributed by atoms with E-state index in [4.69, 9.17) is 8.37 Å². The minimum Gasteiger partial charge on any atom is -0.477 e. The van der Waals surface area contributed by atoms with Gasteiger partial charge in [-0.25, -0.2) is 18.0 Å². The Labute approximate surface area is 198 Å². The monoisotopic (exact) mass is 500 g/mol. The molecule has 2 N–H and O–H groups in total. The lowest BCUT2D eigenvalue weighted by Crippen LogP contribution is -2.42. The lowest BCUT2D eigenvalue weighted by Gasteiger charge is -2.04. The molecule has 0 aliphatic carbocycles. The fourth-order valence-corrected chi connectivity index (χ4v) is 4.04. The number of carbonyl (C=O) groups is 2. The van der Waals surface area contributed by atoms with Crippen LogP contribution in [0.5, 0.6) is 0 Å². The minimum absolute atomic E-state index is 0.0235. The van der Waals surface area contributed by atoms with Crippen molar-refractivity contribution in [1.29, 1.82) is 0 Å². The van der Waals surface area contributed by atoms with Crippen LogP contribution in [-0.2, 0) is 31.9 Å². The number of nitrogens with zero attached hydrogens (tertiary/aromatic N) is 4. The topological polar surface area (TPSA) is 161 Å². The first-order chi connectivity index (χ1) is 16.7. The number of benzene rings is 2. The summed E-state index contributed by atoms with van der Waals surface area (Å²) in [7, 11) is -4.37. The highest BCUT2D eigenvalue weighted by atomic mass is 32.3. The van der Waals surface area contributed by atoms with Crippen molar-refractivity contribution in [3.05, 3.63) is 72.1 Å². The van der Waals surface area contributed by atoms with Crippen LogP contribution < -0.4 is 9.36 Å². The van der Waals surface area contributed by atoms with Crippen molar-refractivity contribution in [1.82, 2.24) is 10.2 Å². The quantitative estimate of drug-likeness (QED) is 0.297. The Kier molecular flexibility index (Phi) is 6.91. The summed E-state index contributed by atoms with van der Waals surface area (Å²) in [5.74, 6) is -2.28. The predicted molar refractivity (Wildman–Crippen MR) is 119 cm³/mol.